The van der Waals surface area contributed by atoms with Crippen molar-refractivity contribution < 1.29 is 4.74 Å². The van der Waals surface area contributed by atoms with Gasteiger partial charge in [0.05, 0.1) is 0 Å². The number of hydrogen-bond donors (Lipinski definition) is 2. The highest BCUT2D eigenvalue weighted by molar-refractivity contribution is 5.79. The maximum absolute atomic E-state index is 6.00. The van der Waals surface area contributed by atoms with Gasteiger partial charge < -0.3 is 15.4 Å². The van der Waals surface area contributed by atoms with Crippen molar-refractivity contribution in [1.29, 1.82) is 0 Å². The fourth-order valence-corrected chi connectivity index (χ4v) is 1.86. The summed E-state index contributed by atoms with van der Waals surface area (Å²) >= 11 is 0. The summed E-state index contributed by atoms with van der Waals surface area (Å²) in [6.45, 7) is 9.99. The monoisotopic (exact) mass is 291 g/mol. The van der Waals surface area contributed by atoms with Crippen LogP contribution in [0.15, 0.2) is 29.3 Å². The van der Waals surface area contributed by atoms with Crippen LogP contribution in [-0.2, 0) is 6.54 Å². The summed E-state index contributed by atoms with van der Waals surface area (Å²) < 4.78 is 6.00. The van der Waals surface area contributed by atoms with Crippen molar-refractivity contribution in [3.8, 4) is 5.75 Å². The smallest absolute Gasteiger partial charge is 0.191 e. The fourth-order valence-electron chi connectivity index (χ4n) is 1.86. The van der Waals surface area contributed by atoms with E-state index in [0.717, 1.165) is 30.2 Å². The molecule has 0 aliphatic heterocycles. The molecule has 0 aliphatic carbocycles. The molecule has 1 rings (SSSR count). The molecule has 0 heterocycles. The zero-order valence-corrected chi connectivity index (χ0v) is 14.0. The number of guanidine groups is 1. The van der Waals surface area contributed by atoms with E-state index in [4.69, 9.17) is 4.74 Å². The molecule has 0 amide bonds. The van der Waals surface area contributed by atoms with Gasteiger partial charge in [0.1, 0.15) is 11.4 Å². The number of unbranched alkanes of at least 4 members (excludes halogenated alkanes) is 1. The molecule has 0 saturated carbocycles. The van der Waals surface area contributed by atoms with Crippen LogP contribution in [0.1, 0.15) is 46.1 Å². The highest BCUT2D eigenvalue weighted by atomic mass is 16.5. The maximum Gasteiger partial charge on any atom is 0.191 e. The van der Waals surface area contributed by atoms with E-state index in [-0.39, 0.29) is 5.60 Å². The van der Waals surface area contributed by atoms with Gasteiger partial charge >= 0.3 is 0 Å². The van der Waals surface area contributed by atoms with Crippen molar-refractivity contribution in [2.45, 2.75) is 52.7 Å². The highest BCUT2D eigenvalue weighted by Crippen LogP contribution is 2.22. The van der Waals surface area contributed by atoms with E-state index in [1.165, 1.54) is 6.42 Å². The number of nitrogens with zero attached hydrogens (tertiary/aromatic N) is 1. The average molecular weight is 291 g/mol. The number of ether oxygens (including phenoxy) is 1. The Morgan fingerprint density at radius 3 is 2.52 bits per heavy atom. The molecule has 0 radical (unpaired) electrons. The van der Waals surface area contributed by atoms with E-state index >= 15 is 0 Å². The zero-order chi connectivity index (χ0) is 15.7. The average Bonchev–Trinajstić information content (AvgIpc) is 2.42. The van der Waals surface area contributed by atoms with E-state index < -0.39 is 0 Å². The first-order valence-electron chi connectivity index (χ1n) is 7.67. The van der Waals surface area contributed by atoms with Gasteiger partial charge in [0, 0.05) is 25.7 Å². The van der Waals surface area contributed by atoms with Gasteiger partial charge in [0.15, 0.2) is 5.96 Å². The fraction of sp³-hybridized carbons (Fsp3) is 0.588. The number of aliphatic imine (C=N–C) groups is 1. The molecule has 2 N–H and O–H groups in total. The second-order valence-electron chi connectivity index (χ2n) is 6.03. The second kappa shape index (κ2) is 8.55. The topological polar surface area (TPSA) is 45.7 Å². The van der Waals surface area contributed by atoms with E-state index in [2.05, 4.69) is 49.4 Å². The first kappa shape index (κ1) is 17.3. The summed E-state index contributed by atoms with van der Waals surface area (Å²) in [5, 5.41) is 6.64. The summed E-state index contributed by atoms with van der Waals surface area (Å²) in [5.41, 5.74) is 0.933. The number of nitrogens with one attached hydrogen (secondary N) is 2. The number of hydrogen-bond acceptors (Lipinski definition) is 2. The van der Waals surface area contributed by atoms with Crippen molar-refractivity contribution in [3.63, 3.8) is 0 Å². The van der Waals surface area contributed by atoms with E-state index in [1.807, 2.05) is 18.2 Å². The molecule has 0 spiro atoms. The first-order chi connectivity index (χ1) is 9.96. The highest BCUT2D eigenvalue weighted by Gasteiger charge is 2.14. The summed E-state index contributed by atoms with van der Waals surface area (Å²) in [5.74, 6) is 1.75. The minimum atomic E-state index is -0.197. The molecule has 0 aromatic heterocycles. The number of benzene rings is 1. The van der Waals surface area contributed by atoms with Gasteiger partial charge in [0.25, 0.3) is 0 Å². The predicted octanol–water partition coefficient (Wildman–Crippen LogP) is 3.33. The molecule has 21 heavy (non-hydrogen) atoms. The second-order valence-corrected chi connectivity index (χ2v) is 6.03. The van der Waals surface area contributed by atoms with Crippen LogP contribution in [-0.4, -0.2) is 25.2 Å². The van der Waals surface area contributed by atoms with Gasteiger partial charge in [-0.15, -0.1) is 0 Å². The van der Waals surface area contributed by atoms with Crippen LogP contribution >= 0.6 is 0 Å². The molecule has 0 fully saturated rings. The minimum Gasteiger partial charge on any atom is -0.488 e. The zero-order valence-electron chi connectivity index (χ0n) is 14.0. The third kappa shape index (κ3) is 7.02. The first-order valence-corrected chi connectivity index (χ1v) is 7.67. The maximum atomic E-state index is 6.00. The molecular formula is C17H29N3O. The lowest BCUT2D eigenvalue weighted by atomic mass is 10.1. The molecule has 4 heteroatoms. The van der Waals surface area contributed by atoms with Crippen molar-refractivity contribution >= 4 is 5.96 Å². The Morgan fingerprint density at radius 1 is 1.19 bits per heavy atom. The molecule has 0 bridgehead atoms. The van der Waals surface area contributed by atoms with Gasteiger partial charge in [0.2, 0.25) is 0 Å². The van der Waals surface area contributed by atoms with Crippen LogP contribution < -0.4 is 15.4 Å². The Hall–Kier alpha value is -1.71. The van der Waals surface area contributed by atoms with Crippen LogP contribution in [0.4, 0.5) is 0 Å². The quantitative estimate of drug-likeness (QED) is 0.480. The summed E-state index contributed by atoms with van der Waals surface area (Å²) in [7, 11) is 1.79. The van der Waals surface area contributed by atoms with Crippen molar-refractivity contribution in [2.24, 2.45) is 4.99 Å². The van der Waals surface area contributed by atoms with Gasteiger partial charge in [-0.1, -0.05) is 31.5 Å². The van der Waals surface area contributed by atoms with Crippen molar-refractivity contribution in [2.75, 3.05) is 13.6 Å². The van der Waals surface area contributed by atoms with Crippen LogP contribution in [0.3, 0.4) is 0 Å². The van der Waals surface area contributed by atoms with Crippen LogP contribution in [0.2, 0.25) is 0 Å². The SMILES string of the molecule is CCCCNC(=NC)NCc1ccccc1OC(C)(C)C. The molecule has 1 aromatic rings. The Bertz CT molecular complexity index is 450. The van der Waals surface area contributed by atoms with Gasteiger partial charge in [-0.2, -0.15) is 0 Å². The van der Waals surface area contributed by atoms with Crippen LogP contribution in [0.25, 0.3) is 0 Å². The molecule has 4 nitrogen and oxygen atoms in total. The molecule has 1 aromatic carbocycles. The van der Waals surface area contributed by atoms with Crippen LogP contribution in [0, 0.1) is 0 Å². The molecule has 0 aliphatic rings. The molecule has 0 atom stereocenters. The van der Waals surface area contributed by atoms with Gasteiger partial charge in [-0.25, -0.2) is 0 Å². The number of rotatable bonds is 6. The van der Waals surface area contributed by atoms with Gasteiger partial charge in [-0.3, -0.25) is 4.99 Å². The van der Waals surface area contributed by atoms with Crippen molar-refractivity contribution in [3.05, 3.63) is 29.8 Å². The summed E-state index contributed by atoms with van der Waals surface area (Å²) in [6, 6.07) is 8.11. The standard InChI is InChI=1S/C17H29N3O/c1-6-7-12-19-16(18-5)20-13-14-10-8-9-11-15(14)21-17(2,3)4/h8-11H,6-7,12-13H2,1-5H3,(H2,18,19,20). The Kier molecular flexibility index (Phi) is 7.06. The minimum absolute atomic E-state index is 0.197. The lowest BCUT2D eigenvalue weighted by molar-refractivity contribution is 0.129. The van der Waals surface area contributed by atoms with Crippen molar-refractivity contribution in [1.82, 2.24) is 10.6 Å². The van der Waals surface area contributed by atoms with Gasteiger partial charge in [-0.05, 0) is 33.3 Å². The third-order valence-electron chi connectivity index (χ3n) is 2.88. The normalized spacial score (nSPS) is 12.1. The van der Waals surface area contributed by atoms with Crippen LogP contribution in [0.5, 0.6) is 5.75 Å². The van der Waals surface area contributed by atoms with E-state index in [1.54, 1.807) is 7.05 Å². The number of para-hydroxylation sites is 1. The largest absolute Gasteiger partial charge is 0.488 e. The predicted molar refractivity (Wildman–Crippen MR) is 89.9 cm³/mol. The molecular weight excluding hydrogens is 262 g/mol. The molecule has 0 unspecified atom stereocenters. The summed E-state index contributed by atoms with van der Waals surface area (Å²) in [6.07, 6.45) is 2.32. The third-order valence-corrected chi connectivity index (χ3v) is 2.88. The van der Waals surface area contributed by atoms with E-state index in [9.17, 15) is 0 Å². The molecule has 0 saturated heterocycles. The Labute approximate surface area is 129 Å². The van der Waals surface area contributed by atoms with E-state index in [0.29, 0.717) is 6.54 Å². The lowest BCUT2D eigenvalue weighted by Crippen LogP contribution is -2.37. The molecule has 118 valence electrons. The Balaban J connectivity index is 2.62. The Morgan fingerprint density at radius 2 is 1.90 bits per heavy atom. The lowest BCUT2D eigenvalue weighted by Gasteiger charge is -2.23. The summed E-state index contributed by atoms with van der Waals surface area (Å²) in [4.78, 5) is 4.23.